The van der Waals surface area contributed by atoms with E-state index in [1.165, 1.54) is 17.0 Å². The second-order valence-corrected chi connectivity index (χ2v) is 6.06. The first kappa shape index (κ1) is 17.5. The number of ether oxygens (including phenoxy) is 1. The first-order chi connectivity index (χ1) is 12.0. The normalized spacial score (nSPS) is 12.4. The summed E-state index contributed by atoms with van der Waals surface area (Å²) in [6.07, 6.45) is 0.442. The molecule has 1 unspecified atom stereocenters. The van der Waals surface area contributed by atoms with Crippen LogP contribution in [0.2, 0.25) is 5.02 Å². The van der Waals surface area contributed by atoms with Gasteiger partial charge in [-0.25, -0.2) is 9.37 Å². The van der Waals surface area contributed by atoms with Gasteiger partial charge in [0, 0.05) is 10.6 Å². The number of halogens is 2. The third kappa shape index (κ3) is 4.22. The maximum absolute atomic E-state index is 13.5. The van der Waals surface area contributed by atoms with Crippen LogP contribution >= 0.6 is 11.6 Å². The van der Waals surface area contributed by atoms with Crippen LogP contribution in [0.5, 0.6) is 0 Å². The minimum Gasteiger partial charge on any atom is -0.389 e. The number of hydrogen-bond acceptors (Lipinski definition) is 4. The number of benzene rings is 2. The average molecular weight is 363 g/mol. The van der Waals surface area contributed by atoms with Crippen molar-refractivity contribution in [3.8, 4) is 0 Å². The largest absolute Gasteiger partial charge is 0.389 e. The topological polar surface area (TPSA) is 64.4 Å². The summed E-state index contributed by atoms with van der Waals surface area (Å²) in [7, 11) is 0. The highest BCUT2D eigenvalue weighted by Crippen LogP contribution is 2.14. The van der Waals surface area contributed by atoms with Gasteiger partial charge in [-0.05, 0) is 24.3 Å². The number of aliphatic hydroxyl groups excluding tert-OH is 1. The summed E-state index contributed by atoms with van der Waals surface area (Å²) in [5.74, 6) is -0.356. The summed E-state index contributed by atoms with van der Waals surface area (Å²) in [5.41, 5.74) is 0.644. The molecule has 0 aliphatic rings. The maximum Gasteiger partial charge on any atom is 0.261 e. The summed E-state index contributed by atoms with van der Waals surface area (Å²) in [6, 6.07) is 11.1. The van der Waals surface area contributed by atoms with Gasteiger partial charge < -0.3 is 9.84 Å². The van der Waals surface area contributed by atoms with Crippen LogP contribution < -0.4 is 5.56 Å². The van der Waals surface area contributed by atoms with Crippen molar-refractivity contribution in [3.63, 3.8) is 0 Å². The second-order valence-electron chi connectivity index (χ2n) is 5.62. The van der Waals surface area contributed by atoms with Gasteiger partial charge >= 0.3 is 0 Å². The highest BCUT2D eigenvalue weighted by atomic mass is 35.5. The summed E-state index contributed by atoms with van der Waals surface area (Å²) in [5, 5.41) is 11.0. The highest BCUT2D eigenvalue weighted by Gasteiger charge is 2.10. The molecule has 0 bridgehead atoms. The van der Waals surface area contributed by atoms with Gasteiger partial charge in [0.25, 0.3) is 5.56 Å². The van der Waals surface area contributed by atoms with Crippen molar-refractivity contribution in [1.82, 2.24) is 9.55 Å². The van der Waals surface area contributed by atoms with E-state index in [1.54, 1.807) is 36.4 Å². The Bertz CT molecular complexity index is 945. The van der Waals surface area contributed by atoms with Gasteiger partial charge in [-0.2, -0.15) is 0 Å². The Kier molecular flexibility index (Phi) is 5.43. The summed E-state index contributed by atoms with van der Waals surface area (Å²) < 4.78 is 20.1. The van der Waals surface area contributed by atoms with Crippen molar-refractivity contribution in [2.24, 2.45) is 0 Å². The zero-order valence-corrected chi connectivity index (χ0v) is 14.0. The van der Waals surface area contributed by atoms with E-state index in [0.717, 1.165) is 0 Å². The summed E-state index contributed by atoms with van der Waals surface area (Å²) in [6.45, 7) is 0.0498. The van der Waals surface area contributed by atoms with Gasteiger partial charge in [-0.1, -0.05) is 29.8 Å². The molecule has 130 valence electrons. The SMILES string of the molecule is O=c1c2ccc(Cl)cc2ncn1CC(O)COCc1ccccc1F. The predicted octanol–water partition coefficient (Wildman–Crippen LogP) is 2.77. The Hall–Kier alpha value is -2.28. The monoisotopic (exact) mass is 362 g/mol. The maximum atomic E-state index is 13.5. The Labute approximate surface area is 148 Å². The van der Waals surface area contributed by atoms with Crippen LogP contribution in [0.4, 0.5) is 4.39 Å². The van der Waals surface area contributed by atoms with Crippen LogP contribution in [0.25, 0.3) is 10.9 Å². The molecule has 0 aliphatic heterocycles. The molecule has 0 aliphatic carbocycles. The van der Waals surface area contributed by atoms with Crippen molar-refractivity contribution < 1.29 is 14.2 Å². The molecule has 1 heterocycles. The first-order valence-electron chi connectivity index (χ1n) is 7.68. The predicted molar refractivity (Wildman–Crippen MR) is 93.1 cm³/mol. The van der Waals surface area contributed by atoms with Crippen LogP contribution in [0.3, 0.4) is 0 Å². The molecule has 3 rings (SSSR count). The quantitative estimate of drug-likeness (QED) is 0.732. The third-order valence-electron chi connectivity index (χ3n) is 3.72. The van der Waals surface area contributed by atoms with Gasteiger partial charge in [-0.15, -0.1) is 0 Å². The first-order valence-corrected chi connectivity index (χ1v) is 8.06. The Balaban J connectivity index is 1.63. The molecule has 2 aromatic carbocycles. The van der Waals surface area contributed by atoms with E-state index >= 15 is 0 Å². The van der Waals surface area contributed by atoms with Crippen LogP contribution in [0, 0.1) is 5.82 Å². The van der Waals surface area contributed by atoms with Crippen molar-refractivity contribution in [1.29, 1.82) is 0 Å². The number of fused-ring (bicyclic) bond motifs is 1. The van der Waals surface area contributed by atoms with E-state index in [4.69, 9.17) is 16.3 Å². The molecule has 25 heavy (non-hydrogen) atoms. The number of nitrogens with zero attached hydrogens (tertiary/aromatic N) is 2. The lowest BCUT2D eigenvalue weighted by Crippen LogP contribution is -2.29. The molecule has 5 nitrogen and oxygen atoms in total. The Morgan fingerprint density at radius 2 is 2.08 bits per heavy atom. The van der Waals surface area contributed by atoms with E-state index in [1.807, 2.05) is 0 Å². The van der Waals surface area contributed by atoms with Crippen LogP contribution in [-0.4, -0.2) is 27.4 Å². The molecule has 0 radical (unpaired) electrons. The number of hydrogen-bond donors (Lipinski definition) is 1. The summed E-state index contributed by atoms with van der Waals surface area (Å²) in [4.78, 5) is 16.6. The molecule has 1 atom stereocenters. The fourth-order valence-electron chi connectivity index (χ4n) is 2.46. The van der Waals surface area contributed by atoms with Gasteiger partial charge in [0.05, 0.1) is 43.1 Å². The van der Waals surface area contributed by atoms with Crippen molar-refractivity contribution >= 4 is 22.5 Å². The highest BCUT2D eigenvalue weighted by molar-refractivity contribution is 6.31. The van der Waals surface area contributed by atoms with Crippen molar-refractivity contribution in [3.05, 3.63) is 75.5 Å². The summed E-state index contributed by atoms with van der Waals surface area (Å²) >= 11 is 5.88. The van der Waals surface area contributed by atoms with Crippen LogP contribution in [0.15, 0.2) is 53.6 Å². The zero-order valence-electron chi connectivity index (χ0n) is 13.2. The number of aliphatic hydroxyl groups is 1. The molecular weight excluding hydrogens is 347 g/mol. The molecular formula is C18H16ClFN2O3. The van der Waals surface area contributed by atoms with E-state index < -0.39 is 6.10 Å². The smallest absolute Gasteiger partial charge is 0.261 e. The Morgan fingerprint density at radius 1 is 1.28 bits per heavy atom. The lowest BCUT2D eigenvalue weighted by atomic mass is 10.2. The average Bonchev–Trinajstić information content (AvgIpc) is 2.59. The van der Waals surface area contributed by atoms with Gasteiger partial charge in [0.15, 0.2) is 0 Å². The molecule has 0 spiro atoms. The molecule has 1 N–H and O–H groups in total. The molecule has 7 heteroatoms. The minimum absolute atomic E-state index is 0.0283. The molecule has 0 fully saturated rings. The number of rotatable bonds is 6. The van der Waals surface area contributed by atoms with E-state index in [2.05, 4.69) is 4.98 Å². The fraction of sp³-hybridized carbons (Fsp3) is 0.222. The van der Waals surface area contributed by atoms with Crippen molar-refractivity contribution in [2.75, 3.05) is 6.61 Å². The van der Waals surface area contributed by atoms with Gasteiger partial charge in [-0.3, -0.25) is 9.36 Å². The van der Waals surface area contributed by atoms with Crippen LogP contribution in [-0.2, 0) is 17.9 Å². The zero-order chi connectivity index (χ0) is 17.8. The van der Waals surface area contributed by atoms with E-state index in [9.17, 15) is 14.3 Å². The minimum atomic E-state index is -0.920. The van der Waals surface area contributed by atoms with Gasteiger partial charge in [0.2, 0.25) is 0 Å². The number of aromatic nitrogens is 2. The van der Waals surface area contributed by atoms with E-state index in [-0.39, 0.29) is 31.1 Å². The standard InChI is InChI=1S/C18H16ClFN2O3/c19-13-5-6-15-17(7-13)21-11-22(18(15)24)8-14(23)10-25-9-12-3-1-2-4-16(12)20/h1-7,11,14,23H,8-10H2. The fourth-order valence-corrected chi connectivity index (χ4v) is 2.63. The second kappa shape index (κ2) is 7.74. The lowest BCUT2D eigenvalue weighted by Gasteiger charge is -2.13. The Morgan fingerprint density at radius 3 is 2.88 bits per heavy atom. The van der Waals surface area contributed by atoms with Crippen LogP contribution in [0.1, 0.15) is 5.56 Å². The molecule has 1 aromatic heterocycles. The molecule has 0 amide bonds. The van der Waals surface area contributed by atoms with E-state index in [0.29, 0.717) is 21.5 Å². The van der Waals surface area contributed by atoms with Gasteiger partial charge in [0.1, 0.15) is 5.82 Å². The lowest BCUT2D eigenvalue weighted by molar-refractivity contribution is 0.0189. The molecule has 3 aromatic rings. The molecule has 0 saturated carbocycles. The third-order valence-corrected chi connectivity index (χ3v) is 3.96. The molecule has 0 saturated heterocycles. The van der Waals surface area contributed by atoms with Crippen molar-refractivity contribution in [2.45, 2.75) is 19.3 Å².